The summed E-state index contributed by atoms with van der Waals surface area (Å²) in [5.74, 6) is 0.452. The lowest BCUT2D eigenvalue weighted by molar-refractivity contribution is -0.134. The summed E-state index contributed by atoms with van der Waals surface area (Å²) < 4.78 is 10.9. The summed E-state index contributed by atoms with van der Waals surface area (Å²) >= 11 is 6.74. The van der Waals surface area contributed by atoms with Crippen LogP contribution in [0.4, 0.5) is 4.79 Å². The number of methoxy groups -OCH3 is 1. The molecule has 0 atom stereocenters. The fourth-order valence-electron chi connectivity index (χ4n) is 2.88. The first kappa shape index (κ1) is 23.7. The van der Waals surface area contributed by atoms with Crippen LogP contribution in [-0.4, -0.2) is 47.8 Å². The molecule has 7 nitrogen and oxygen atoms in total. The molecule has 9 heteroatoms. The van der Waals surface area contributed by atoms with Crippen molar-refractivity contribution in [3.8, 4) is 11.5 Å². The van der Waals surface area contributed by atoms with E-state index < -0.39 is 5.60 Å². The van der Waals surface area contributed by atoms with Crippen molar-refractivity contribution in [2.24, 2.45) is 0 Å². The number of rotatable bonds is 8. The molecule has 1 N–H and O–H groups in total. The number of imide groups is 1. The fraction of sp³-hybridized carbons (Fsp3) is 0.261. The number of hydrogen-bond donors (Lipinski definition) is 1. The van der Waals surface area contributed by atoms with E-state index in [1.165, 1.54) is 0 Å². The summed E-state index contributed by atoms with van der Waals surface area (Å²) in [6.45, 7) is 3.44. The number of hydrogen-bond acceptors (Lipinski definition) is 6. The van der Waals surface area contributed by atoms with Crippen LogP contribution in [0.5, 0.6) is 11.5 Å². The van der Waals surface area contributed by atoms with E-state index in [0.717, 1.165) is 22.2 Å². The summed E-state index contributed by atoms with van der Waals surface area (Å²) in [7, 11) is 1.57. The minimum Gasteiger partial charge on any atom is -0.497 e. The molecule has 2 aromatic carbocycles. The Kier molecular flexibility index (Phi) is 7.48. The highest BCUT2D eigenvalue weighted by Gasteiger charge is 2.35. The minimum atomic E-state index is -1.15. The number of carbonyl (C=O) groups excluding carboxylic acids is 3. The molecule has 0 unspecified atom stereocenters. The second-order valence-corrected chi connectivity index (χ2v) is 8.86. The van der Waals surface area contributed by atoms with Gasteiger partial charge in [-0.3, -0.25) is 19.3 Å². The Balaban J connectivity index is 1.55. The second kappa shape index (κ2) is 10.1. The molecule has 0 saturated carbocycles. The maximum atomic E-state index is 12.6. The zero-order chi connectivity index (χ0) is 23.3. The Hall–Kier alpha value is -2.97. The molecule has 0 aliphatic carbocycles. The molecule has 3 amide bonds. The first-order valence-electron chi connectivity index (χ1n) is 9.82. The third-order valence-corrected chi connectivity index (χ3v) is 5.80. The molecule has 0 radical (unpaired) electrons. The number of halogens is 1. The predicted molar refractivity (Wildman–Crippen MR) is 125 cm³/mol. The molecular weight excluding hydrogens is 452 g/mol. The average molecular weight is 475 g/mol. The van der Waals surface area contributed by atoms with Gasteiger partial charge >= 0.3 is 0 Å². The van der Waals surface area contributed by atoms with Crippen molar-refractivity contribution in [3.05, 3.63) is 64.0 Å². The van der Waals surface area contributed by atoms with Gasteiger partial charge in [0.2, 0.25) is 0 Å². The normalized spacial score (nSPS) is 15.2. The molecule has 0 aromatic heterocycles. The fourth-order valence-corrected chi connectivity index (χ4v) is 3.87. The van der Waals surface area contributed by atoms with E-state index in [2.05, 4.69) is 5.32 Å². The van der Waals surface area contributed by atoms with Gasteiger partial charge in [0.25, 0.3) is 17.1 Å². The largest absolute Gasteiger partial charge is 0.497 e. The van der Waals surface area contributed by atoms with Gasteiger partial charge in [0, 0.05) is 18.1 Å². The highest BCUT2D eigenvalue weighted by molar-refractivity contribution is 8.18. The summed E-state index contributed by atoms with van der Waals surface area (Å²) in [6, 6.07) is 13.8. The second-order valence-electron chi connectivity index (χ2n) is 7.43. The Labute approximate surface area is 195 Å². The smallest absolute Gasteiger partial charge is 0.293 e. The van der Waals surface area contributed by atoms with E-state index in [-0.39, 0.29) is 30.1 Å². The van der Waals surface area contributed by atoms with Crippen molar-refractivity contribution >= 4 is 46.5 Å². The van der Waals surface area contributed by atoms with Gasteiger partial charge in [-0.2, -0.15) is 0 Å². The van der Waals surface area contributed by atoms with Crippen molar-refractivity contribution in [1.29, 1.82) is 0 Å². The van der Waals surface area contributed by atoms with Gasteiger partial charge < -0.3 is 14.8 Å². The number of nitrogens with one attached hydrogen (secondary N) is 1. The number of thioether (sulfide) groups is 1. The van der Waals surface area contributed by atoms with Crippen molar-refractivity contribution < 1.29 is 23.9 Å². The van der Waals surface area contributed by atoms with Crippen LogP contribution in [0.15, 0.2) is 53.4 Å². The topological polar surface area (TPSA) is 84.9 Å². The Bertz CT molecular complexity index is 1040. The zero-order valence-electron chi connectivity index (χ0n) is 17.9. The molecule has 1 aliphatic heterocycles. The number of amides is 3. The maximum Gasteiger partial charge on any atom is 0.293 e. The molecule has 2 aromatic rings. The molecule has 1 fully saturated rings. The standard InChI is InChI=1S/C23H23ClN2O5S/c1-23(2,31-18-10-6-16(24)7-11-18)21(28)25-12-13-26-20(27)19(32-22(26)29)14-15-4-8-17(30-3)9-5-15/h4-11,14H,12-13H2,1-3H3,(H,25,28). The van der Waals surface area contributed by atoms with E-state index >= 15 is 0 Å². The molecule has 0 spiro atoms. The molecule has 1 aliphatic rings. The van der Waals surface area contributed by atoms with Gasteiger partial charge in [-0.05, 0) is 73.6 Å². The molecule has 3 rings (SSSR count). The van der Waals surface area contributed by atoms with Crippen LogP contribution in [0.1, 0.15) is 19.4 Å². The lowest BCUT2D eigenvalue weighted by Crippen LogP contribution is -2.48. The first-order valence-corrected chi connectivity index (χ1v) is 11.0. The summed E-state index contributed by atoms with van der Waals surface area (Å²) in [5, 5.41) is 2.91. The van der Waals surface area contributed by atoms with Gasteiger partial charge in [-0.1, -0.05) is 23.7 Å². The van der Waals surface area contributed by atoms with E-state index in [9.17, 15) is 14.4 Å². The molecule has 32 heavy (non-hydrogen) atoms. The van der Waals surface area contributed by atoms with Gasteiger partial charge in [0.05, 0.1) is 12.0 Å². The Morgan fingerprint density at radius 2 is 1.72 bits per heavy atom. The molecular formula is C23H23ClN2O5S. The van der Waals surface area contributed by atoms with Gasteiger partial charge in [0.1, 0.15) is 11.5 Å². The van der Waals surface area contributed by atoms with Gasteiger partial charge in [0.15, 0.2) is 5.60 Å². The highest BCUT2D eigenvalue weighted by Crippen LogP contribution is 2.32. The zero-order valence-corrected chi connectivity index (χ0v) is 19.5. The van der Waals surface area contributed by atoms with Crippen LogP contribution < -0.4 is 14.8 Å². The average Bonchev–Trinajstić information content (AvgIpc) is 3.03. The third kappa shape index (κ3) is 5.83. The van der Waals surface area contributed by atoms with Crippen LogP contribution in [0.25, 0.3) is 6.08 Å². The van der Waals surface area contributed by atoms with Crippen LogP contribution in [0.2, 0.25) is 5.02 Å². The van der Waals surface area contributed by atoms with E-state index in [1.54, 1.807) is 75.6 Å². The summed E-state index contributed by atoms with van der Waals surface area (Å²) in [6.07, 6.45) is 1.66. The number of benzene rings is 2. The Morgan fingerprint density at radius 3 is 2.34 bits per heavy atom. The molecule has 168 valence electrons. The number of ether oxygens (including phenoxy) is 2. The van der Waals surface area contributed by atoms with Crippen LogP contribution in [0, 0.1) is 0 Å². The van der Waals surface area contributed by atoms with Crippen LogP contribution in [0.3, 0.4) is 0 Å². The third-order valence-electron chi connectivity index (χ3n) is 4.64. The van der Waals surface area contributed by atoms with E-state index in [0.29, 0.717) is 21.4 Å². The highest BCUT2D eigenvalue weighted by atomic mass is 35.5. The number of carbonyl (C=O) groups is 3. The van der Waals surface area contributed by atoms with Crippen LogP contribution in [-0.2, 0) is 9.59 Å². The SMILES string of the molecule is COc1ccc(C=C2SC(=O)N(CCNC(=O)C(C)(C)Oc3ccc(Cl)cc3)C2=O)cc1. The summed E-state index contributed by atoms with van der Waals surface area (Å²) in [4.78, 5) is 38.9. The lowest BCUT2D eigenvalue weighted by Gasteiger charge is -2.25. The molecule has 1 heterocycles. The van der Waals surface area contributed by atoms with Gasteiger partial charge in [-0.15, -0.1) is 0 Å². The number of nitrogens with zero attached hydrogens (tertiary/aromatic N) is 1. The Morgan fingerprint density at radius 1 is 1.09 bits per heavy atom. The molecule has 1 saturated heterocycles. The van der Waals surface area contributed by atoms with E-state index in [1.807, 2.05) is 0 Å². The van der Waals surface area contributed by atoms with Crippen molar-refractivity contribution in [2.45, 2.75) is 19.4 Å². The predicted octanol–water partition coefficient (Wildman–Crippen LogP) is 4.36. The first-order chi connectivity index (χ1) is 15.2. The minimum absolute atomic E-state index is 0.0629. The summed E-state index contributed by atoms with van der Waals surface area (Å²) in [5.41, 5.74) is -0.369. The quantitative estimate of drug-likeness (QED) is 0.572. The van der Waals surface area contributed by atoms with Crippen molar-refractivity contribution in [1.82, 2.24) is 10.2 Å². The van der Waals surface area contributed by atoms with Crippen LogP contribution >= 0.6 is 23.4 Å². The monoisotopic (exact) mass is 474 g/mol. The maximum absolute atomic E-state index is 12.6. The van der Waals surface area contributed by atoms with Crippen molar-refractivity contribution in [3.63, 3.8) is 0 Å². The van der Waals surface area contributed by atoms with Crippen molar-refractivity contribution in [2.75, 3.05) is 20.2 Å². The van der Waals surface area contributed by atoms with E-state index in [4.69, 9.17) is 21.1 Å². The lowest BCUT2D eigenvalue weighted by atomic mass is 10.1. The van der Waals surface area contributed by atoms with Gasteiger partial charge in [-0.25, -0.2) is 0 Å². The molecule has 0 bridgehead atoms.